The third-order valence-electron chi connectivity index (χ3n) is 2.91. The summed E-state index contributed by atoms with van der Waals surface area (Å²) < 4.78 is 0. The number of benzene rings is 1. The molecule has 19 heavy (non-hydrogen) atoms. The zero-order valence-corrected chi connectivity index (χ0v) is 11.8. The summed E-state index contributed by atoms with van der Waals surface area (Å²) in [6.07, 6.45) is 1.72. The van der Waals surface area contributed by atoms with Crippen LogP contribution in [0.4, 0.5) is 0 Å². The molecule has 0 atom stereocenters. The molecule has 4 nitrogen and oxygen atoms in total. The molecule has 0 bridgehead atoms. The van der Waals surface area contributed by atoms with Gasteiger partial charge in [0, 0.05) is 13.1 Å². The summed E-state index contributed by atoms with van der Waals surface area (Å²) in [6, 6.07) is 4.93. The van der Waals surface area contributed by atoms with E-state index < -0.39 is 5.97 Å². The Balaban J connectivity index is 3.13. The highest BCUT2D eigenvalue weighted by Gasteiger charge is 2.20. The number of carbonyl (C=O) groups excluding carboxylic acids is 1. The number of aryl methyl sites for hydroxylation is 1. The fraction of sp³-hybridized carbons (Fsp3) is 0.467. The van der Waals surface area contributed by atoms with E-state index in [0.717, 1.165) is 18.4 Å². The number of carboxylic acids is 1. The van der Waals surface area contributed by atoms with E-state index in [9.17, 15) is 14.7 Å². The molecule has 104 valence electrons. The molecule has 0 fully saturated rings. The second-order valence-corrected chi connectivity index (χ2v) is 4.65. The van der Waals surface area contributed by atoms with Gasteiger partial charge >= 0.3 is 5.97 Å². The summed E-state index contributed by atoms with van der Waals surface area (Å²) in [5, 5.41) is 9.21. The van der Waals surface area contributed by atoms with Gasteiger partial charge in [-0.15, -0.1) is 0 Å². The molecule has 0 saturated carbocycles. The summed E-state index contributed by atoms with van der Waals surface area (Å²) in [4.78, 5) is 25.4. The molecule has 0 unspecified atom stereocenters. The van der Waals surface area contributed by atoms with Crippen molar-refractivity contribution in [3.63, 3.8) is 0 Å². The van der Waals surface area contributed by atoms with Crippen LogP contribution in [0.15, 0.2) is 18.2 Å². The predicted octanol–water partition coefficient (Wildman–Crippen LogP) is 2.96. The van der Waals surface area contributed by atoms with Gasteiger partial charge in [-0.1, -0.05) is 25.5 Å². The largest absolute Gasteiger partial charge is 0.478 e. The second-order valence-electron chi connectivity index (χ2n) is 4.65. The SMILES string of the molecule is CCCN(CCC)C(=O)c1ccc(C)cc1C(=O)O. The van der Waals surface area contributed by atoms with E-state index in [0.29, 0.717) is 13.1 Å². The minimum Gasteiger partial charge on any atom is -0.478 e. The second kappa shape index (κ2) is 6.92. The molecule has 0 spiro atoms. The Morgan fingerprint density at radius 1 is 1.11 bits per heavy atom. The Bertz CT molecular complexity index is 462. The first-order chi connectivity index (χ1) is 9.01. The molecule has 0 aromatic heterocycles. The van der Waals surface area contributed by atoms with E-state index in [-0.39, 0.29) is 17.0 Å². The van der Waals surface area contributed by atoms with Crippen molar-refractivity contribution in [2.75, 3.05) is 13.1 Å². The highest BCUT2D eigenvalue weighted by molar-refractivity contribution is 6.04. The van der Waals surface area contributed by atoms with E-state index in [2.05, 4.69) is 0 Å². The lowest BCUT2D eigenvalue weighted by atomic mass is 10.0. The fourth-order valence-electron chi connectivity index (χ4n) is 2.05. The molecule has 0 aliphatic heterocycles. The number of hydrogen-bond acceptors (Lipinski definition) is 2. The summed E-state index contributed by atoms with van der Waals surface area (Å²) in [7, 11) is 0. The van der Waals surface area contributed by atoms with Gasteiger partial charge in [0.1, 0.15) is 0 Å². The van der Waals surface area contributed by atoms with Gasteiger partial charge in [-0.3, -0.25) is 4.79 Å². The number of amides is 1. The Kier molecular flexibility index (Phi) is 5.55. The van der Waals surface area contributed by atoms with Crippen molar-refractivity contribution in [3.05, 3.63) is 34.9 Å². The van der Waals surface area contributed by atoms with Crippen LogP contribution in [0, 0.1) is 6.92 Å². The molecule has 0 saturated heterocycles. The molecular weight excluding hydrogens is 242 g/mol. The molecule has 0 heterocycles. The van der Waals surface area contributed by atoms with Crippen LogP contribution >= 0.6 is 0 Å². The number of carbonyl (C=O) groups is 2. The van der Waals surface area contributed by atoms with Crippen LogP contribution < -0.4 is 0 Å². The van der Waals surface area contributed by atoms with Gasteiger partial charge in [0.05, 0.1) is 11.1 Å². The number of aromatic carboxylic acids is 1. The van der Waals surface area contributed by atoms with E-state index in [1.54, 1.807) is 23.1 Å². The van der Waals surface area contributed by atoms with Crippen LogP contribution in [0.2, 0.25) is 0 Å². The minimum atomic E-state index is -1.06. The van der Waals surface area contributed by atoms with E-state index in [1.165, 1.54) is 0 Å². The van der Waals surface area contributed by atoms with Crippen LogP contribution in [0.5, 0.6) is 0 Å². The molecule has 1 aromatic rings. The maximum Gasteiger partial charge on any atom is 0.336 e. The number of carboxylic acid groups (broad SMARTS) is 1. The molecular formula is C15H21NO3. The first kappa shape index (κ1) is 15.2. The maximum absolute atomic E-state index is 12.4. The van der Waals surface area contributed by atoms with Gasteiger partial charge in [-0.2, -0.15) is 0 Å². The predicted molar refractivity (Wildman–Crippen MR) is 74.6 cm³/mol. The van der Waals surface area contributed by atoms with Gasteiger partial charge in [0.25, 0.3) is 5.91 Å². The Hall–Kier alpha value is -1.84. The van der Waals surface area contributed by atoms with Crippen LogP contribution in [0.1, 0.15) is 53.0 Å². The maximum atomic E-state index is 12.4. The number of hydrogen-bond donors (Lipinski definition) is 1. The lowest BCUT2D eigenvalue weighted by Gasteiger charge is -2.22. The molecule has 1 aromatic carbocycles. The highest BCUT2D eigenvalue weighted by Crippen LogP contribution is 2.15. The van der Waals surface area contributed by atoms with Crippen molar-refractivity contribution in [1.29, 1.82) is 0 Å². The monoisotopic (exact) mass is 263 g/mol. The van der Waals surface area contributed by atoms with E-state index >= 15 is 0 Å². The summed E-state index contributed by atoms with van der Waals surface area (Å²) in [6.45, 7) is 7.13. The summed E-state index contributed by atoms with van der Waals surface area (Å²) in [5.41, 5.74) is 1.20. The molecule has 0 aliphatic carbocycles. The summed E-state index contributed by atoms with van der Waals surface area (Å²) >= 11 is 0. The first-order valence-corrected chi connectivity index (χ1v) is 6.64. The number of nitrogens with zero attached hydrogens (tertiary/aromatic N) is 1. The van der Waals surface area contributed by atoms with Gasteiger partial charge in [-0.05, 0) is 31.9 Å². The Morgan fingerprint density at radius 3 is 2.16 bits per heavy atom. The third kappa shape index (κ3) is 3.81. The minimum absolute atomic E-state index is 0.0854. The number of rotatable bonds is 6. The molecule has 0 aliphatic rings. The Morgan fingerprint density at radius 2 is 1.68 bits per heavy atom. The average molecular weight is 263 g/mol. The normalized spacial score (nSPS) is 10.3. The van der Waals surface area contributed by atoms with Crippen molar-refractivity contribution in [2.24, 2.45) is 0 Å². The zero-order chi connectivity index (χ0) is 14.4. The van der Waals surface area contributed by atoms with Crippen molar-refractivity contribution < 1.29 is 14.7 Å². The molecule has 4 heteroatoms. The van der Waals surface area contributed by atoms with Crippen LogP contribution in [0.25, 0.3) is 0 Å². The van der Waals surface area contributed by atoms with Crippen LogP contribution in [0.3, 0.4) is 0 Å². The smallest absolute Gasteiger partial charge is 0.336 e. The van der Waals surface area contributed by atoms with Crippen molar-refractivity contribution in [1.82, 2.24) is 4.90 Å². The fourth-order valence-corrected chi connectivity index (χ4v) is 2.05. The zero-order valence-electron chi connectivity index (χ0n) is 11.8. The lowest BCUT2D eigenvalue weighted by molar-refractivity contribution is 0.0675. The highest BCUT2D eigenvalue weighted by atomic mass is 16.4. The quantitative estimate of drug-likeness (QED) is 0.858. The molecule has 0 radical (unpaired) electrons. The lowest BCUT2D eigenvalue weighted by Crippen LogP contribution is -2.33. The van der Waals surface area contributed by atoms with E-state index in [1.807, 2.05) is 20.8 Å². The Labute approximate surface area is 114 Å². The first-order valence-electron chi connectivity index (χ1n) is 6.64. The molecule has 1 rings (SSSR count). The molecule has 1 amide bonds. The topological polar surface area (TPSA) is 57.6 Å². The van der Waals surface area contributed by atoms with Gasteiger partial charge in [0.2, 0.25) is 0 Å². The van der Waals surface area contributed by atoms with Crippen LogP contribution in [-0.2, 0) is 0 Å². The van der Waals surface area contributed by atoms with Crippen molar-refractivity contribution in [3.8, 4) is 0 Å². The van der Waals surface area contributed by atoms with Crippen LogP contribution in [-0.4, -0.2) is 35.0 Å². The van der Waals surface area contributed by atoms with E-state index in [4.69, 9.17) is 0 Å². The van der Waals surface area contributed by atoms with Gasteiger partial charge in [0.15, 0.2) is 0 Å². The molecule has 1 N–H and O–H groups in total. The van der Waals surface area contributed by atoms with Crippen molar-refractivity contribution >= 4 is 11.9 Å². The third-order valence-corrected chi connectivity index (χ3v) is 2.91. The van der Waals surface area contributed by atoms with Gasteiger partial charge < -0.3 is 10.0 Å². The van der Waals surface area contributed by atoms with Crippen molar-refractivity contribution in [2.45, 2.75) is 33.6 Å². The summed E-state index contributed by atoms with van der Waals surface area (Å²) in [5.74, 6) is -1.25. The average Bonchev–Trinajstić information content (AvgIpc) is 2.37. The van der Waals surface area contributed by atoms with Gasteiger partial charge in [-0.25, -0.2) is 4.79 Å². The standard InChI is InChI=1S/C15H21NO3/c1-4-8-16(9-5-2)14(17)12-7-6-11(3)10-13(12)15(18)19/h6-7,10H,4-5,8-9H2,1-3H3,(H,18,19).